The monoisotopic (exact) mass is 245 g/mol. The molecule has 0 aliphatic heterocycles. The first kappa shape index (κ1) is 11.7. The molecule has 85 valence electrons. The number of carbonyl (C=O) groups excluding carboxylic acids is 1. The van der Waals surface area contributed by atoms with Gasteiger partial charge in [0.05, 0.1) is 5.02 Å². The zero-order valence-corrected chi connectivity index (χ0v) is 9.78. The molecule has 0 heterocycles. The number of rotatable bonds is 4. The molecule has 1 radical (unpaired) electrons. The van der Waals surface area contributed by atoms with Gasteiger partial charge in [-0.15, -0.1) is 0 Å². The molecule has 2 rings (SSSR count). The summed E-state index contributed by atoms with van der Waals surface area (Å²) in [7, 11) is 0. The number of ether oxygens (including phenoxy) is 1. The second-order valence-electron chi connectivity index (χ2n) is 3.52. The summed E-state index contributed by atoms with van der Waals surface area (Å²) in [5.74, 6) is 0.653. The Labute approximate surface area is 105 Å². The van der Waals surface area contributed by atoms with Gasteiger partial charge in [-0.2, -0.15) is 0 Å². The van der Waals surface area contributed by atoms with E-state index < -0.39 is 0 Å². The van der Waals surface area contributed by atoms with Gasteiger partial charge in [0.1, 0.15) is 12.4 Å². The minimum Gasteiger partial charge on any atom is -0.487 e. The molecule has 0 aliphatic rings. The number of hydrogen-bond donors (Lipinski definition) is 0. The van der Waals surface area contributed by atoms with E-state index in [1.807, 2.05) is 36.6 Å². The molecule has 17 heavy (non-hydrogen) atoms. The molecule has 2 aromatic rings. The summed E-state index contributed by atoms with van der Waals surface area (Å²) in [5.41, 5.74) is 1.51. The van der Waals surface area contributed by atoms with Gasteiger partial charge in [0.2, 0.25) is 6.29 Å². The Morgan fingerprint density at radius 1 is 1.06 bits per heavy atom. The molecule has 0 spiro atoms. The molecule has 3 heteroatoms. The highest BCUT2D eigenvalue weighted by molar-refractivity contribution is 6.32. The lowest BCUT2D eigenvalue weighted by molar-refractivity contribution is 0.306. The number of hydrogen-bond acceptors (Lipinski definition) is 2. The quantitative estimate of drug-likeness (QED) is 0.826. The fourth-order valence-electron chi connectivity index (χ4n) is 1.39. The van der Waals surface area contributed by atoms with Crippen LogP contribution in [0, 0.1) is 0 Å². The molecule has 0 bridgehead atoms. The van der Waals surface area contributed by atoms with Gasteiger partial charge < -0.3 is 4.74 Å². The van der Waals surface area contributed by atoms with Crippen LogP contribution in [0.5, 0.6) is 5.75 Å². The smallest absolute Gasteiger partial charge is 0.233 e. The van der Waals surface area contributed by atoms with Crippen LogP contribution in [0.25, 0.3) is 0 Å². The highest BCUT2D eigenvalue weighted by Crippen LogP contribution is 2.23. The Bertz CT molecular complexity index is 506. The van der Waals surface area contributed by atoms with E-state index in [0.29, 0.717) is 22.9 Å². The first-order valence-electron chi connectivity index (χ1n) is 5.14. The second-order valence-corrected chi connectivity index (χ2v) is 3.93. The zero-order valence-electron chi connectivity index (χ0n) is 9.02. The van der Waals surface area contributed by atoms with Gasteiger partial charge in [-0.25, -0.2) is 0 Å². The maximum atomic E-state index is 10.4. The van der Waals surface area contributed by atoms with E-state index in [2.05, 4.69) is 0 Å². The van der Waals surface area contributed by atoms with Crippen LogP contribution in [0.15, 0.2) is 48.5 Å². The van der Waals surface area contributed by atoms with Gasteiger partial charge in [0, 0.05) is 5.56 Å². The Kier molecular flexibility index (Phi) is 3.78. The fraction of sp³-hybridized carbons (Fsp3) is 0.0714. The van der Waals surface area contributed by atoms with Crippen LogP contribution in [0.4, 0.5) is 0 Å². The van der Waals surface area contributed by atoms with Crippen molar-refractivity contribution < 1.29 is 9.53 Å². The van der Waals surface area contributed by atoms with E-state index >= 15 is 0 Å². The van der Waals surface area contributed by atoms with Gasteiger partial charge >= 0.3 is 0 Å². The average Bonchev–Trinajstić information content (AvgIpc) is 2.38. The summed E-state index contributed by atoms with van der Waals surface area (Å²) in [6.07, 6.45) is 1.83. The van der Waals surface area contributed by atoms with Crippen molar-refractivity contribution in [2.75, 3.05) is 0 Å². The summed E-state index contributed by atoms with van der Waals surface area (Å²) in [5, 5.41) is 0.588. The van der Waals surface area contributed by atoms with Crippen molar-refractivity contribution in [2.24, 2.45) is 0 Å². The fourth-order valence-corrected chi connectivity index (χ4v) is 1.58. The van der Waals surface area contributed by atoms with Crippen molar-refractivity contribution in [2.45, 2.75) is 6.61 Å². The maximum Gasteiger partial charge on any atom is 0.233 e. The lowest BCUT2D eigenvalue weighted by atomic mass is 10.2. The molecular weight excluding hydrogens is 236 g/mol. The van der Waals surface area contributed by atoms with Gasteiger partial charge in [0.15, 0.2) is 0 Å². The summed E-state index contributed by atoms with van der Waals surface area (Å²) in [4.78, 5) is 10.4. The molecule has 0 saturated carbocycles. The van der Waals surface area contributed by atoms with Crippen LogP contribution in [0.1, 0.15) is 11.1 Å². The highest BCUT2D eigenvalue weighted by Gasteiger charge is 2.00. The second kappa shape index (κ2) is 5.51. The number of halogens is 1. The third-order valence-electron chi connectivity index (χ3n) is 2.30. The van der Waals surface area contributed by atoms with Crippen molar-refractivity contribution in [1.29, 1.82) is 0 Å². The van der Waals surface area contributed by atoms with Crippen molar-refractivity contribution in [3.05, 3.63) is 64.7 Å². The SMILES string of the molecule is O=[C]c1ccc(COc2ccccc2Cl)cc1. The highest BCUT2D eigenvalue weighted by atomic mass is 35.5. The molecule has 0 aliphatic carbocycles. The van der Waals surface area contributed by atoms with Gasteiger partial charge in [0.25, 0.3) is 0 Å². The zero-order chi connectivity index (χ0) is 12.1. The third-order valence-corrected chi connectivity index (χ3v) is 2.62. The lowest BCUT2D eigenvalue weighted by Gasteiger charge is -2.07. The van der Waals surface area contributed by atoms with Crippen molar-refractivity contribution in [1.82, 2.24) is 0 Å². The normalized spacial score (nSPS) is 9.94. The van der Waals surface area contributed by atoms with E-state index in [0.717, 1.165) is 5.56 Å². The minimum atomic E-state index is 0.420. The maximum absolute atomic E-state index is 10.4. The summed E-state index contributed by atoms with van der Waals surface area (Å²) < 4.78 is 5.57. The Hall–Kier alpha value is -1.80. The molecule has 2 nitrogen and oxygen atoms in total. The van der Waals surface area contributed by atoms with Gasteiger partial charge in [-0.1, -0.05) is 48.0 Å². The van der Waals surface area contributed by atoms with Gasteiger partial charge in [-0.3, -0.25) is 4.79 Å². The van der Waals surface area contributed by atoms with Crippen LogP contribution in [-0.4, -0.2) is 6.29 Å². The van der Waals surface area contributed by atoms with Crippen LogP contribution in [0.2, 0.25) is 5.02 Å². The predicted octanol–water partition coefficient (Wildman–Crippen LogP) is 3.38. The minimum absolute atomic E-state index is 0.420. The van der Waals surface area contributed by atoms with E-state index in [1.165, 1.54) is 0 Å². The summed E-state index contributed by atoms with van der Waals surface area (Å²) >= 11 is 5.96. The van der Waals surface area contributed by atoms with Crippen molar-refractivity contribution in [3.8, 4) is 5.75 Å². The molecule has 0 fully saturated rings. The van der Waals surface area contributed by atoms with Crippen LogP contribution >= 0.6 is 11.6 Å². The standard InChI is InChI=1S/C14H10ClO2/c15-13-3-1-2-4-14(13)17-10-12-7-5-11(9-16)6-8-12/h1-8H,10H2. The molecule has 0 saturated heterocycles. The Morgan fingerprint density at radius 3 is 2.41 bits per heavy atom. The first-order valence-corrected chi connectivity index (χ1v) is 5.52. The topological polar surface area (TPSA) is 26.3 Å². The Morgan fingerprint density at radius 2 is 1.76 bits per heavy atom. The largest absolute Gasteiger partial charge is 0.487 e. The molecule has 2 aromatic carbocycles. The average molecular weight is 246 g/mol. The molecule has 0 amide bonds. The predicted molar refractivity (Wildman–Crippen MR) is 67.0 cm³/mol. The van der Waals surface area contributed by atoms with E-state index in [9.17, 15) is 4.79 Å². The van der Waals surface area contributed by atoms with E-state index in [4.69, 9.17) is 16.3 Å². The summed E-state index contributed by atoms with van der Waals surface area (Å²) in [6, 6.07) is 14.4. The molecule has 0 unspecified atom stereocenters. The number of benzene rings is 2. The van der Waals surface area contributed by atoms with Crippen molar-refractivity contribution in [3.63, 3.8) is 0 Å². The summed E-state index contributed by atoms with van der Waals surface area (Å²) in [6.45, 7) is 0.420. The van der Waals surface area contributed by atoms with Crippen LogP contribution in [0.3, 0.4) is 0 Å². The number of para-hydroxylation sites is 1. The first-order chi connectivity index (χ1) is 8.29. The van der Waals surface area contributed by atoms with E-state index in [-0.39, 0.29) is 0 Å². The van der Waals surface area contributed by atoms with Crippen LogP contribution < -0.4 is 4.74 Å². The lowest BCUT2D eigenvalue weighted by Crippen LogP contribution is -1.96. The van der Waals surface area contributed by atoms with Gasteiger partial charge in [-0.05, 0) is 17.7 Å². The molecule has 0 N–H and O–H groups in total. The van der Waals surface area contributed by atoms with Crippen molar-refractivity contribution >= 4 is 17.9 Å². The van der Waals surface area contributed by atoms with E-state index in [1.54, 1.807) is 18.2 Å². The molecule has 0 aromatic heterocycles. The Balaban J connectivity index is 2.02. The molecular formula is C14H10ClO2. The third kappa shape index (κ3) is 3.08. The van der Waals surface area contributed by atoms with Crippen LogP contribution in [-0.2, 0) is 11.4 Å². The molecule has 0 atom stereocenters.